The van der Waals surface area contributed by atoms with Crippen molar-refractivity contribution >= 4 is 39.1 Å². The number of rotatable bonds is 4. The average molecular weight is 366 g/mol. The number of halogens is 1. The normalized spacial score (nSPS) is 30.5. The van der Waals surface area contributed by atoms with Gasteiger partial charge in [0, 0.05) is 12.0 Å². The van der Waals surface area contributed by atoms with Crippen LogP contribution >= 0.6 is 22.9 Å². The van der Waals surface area contributed by atoms with E-state index in [1.54, 1.807) is 6.07 Å². The Morgan fingerprint density at radius 3 is 2.82 bits per heavy atom. The van der Waals surface area contributed by atoms with E-state index in [4.69, 9.17) is 16.3 Å². The number of methoxy groups -OCH3 is 1. The van der Waals surface area contributed by atoms with Crippen LogP contribution in [0, 0.1) is 11.8 Å². The van der Waals surface area contributed by atoms with Gasteiger partial charge in [-0.25, -0.2) is 17.9 Å². The molecule has 6 nitrogen and oxygen atoms in total. The fourth-order valence-electron chi connectivity index (χ4n) is 3.44. The molecule has 4 atom stereocenters. The Labute approximate surface area is 137 Å². The van der Waals surface area contributed by atoms with Crippen LogP contribution in [0.2, 0.25) is 4.34 Å². The number of carbonyl (C=O) groups is 1. The molecule has 9 heteroatoms. The minimum atomic E-state index is -3.59. The number of sulfonamides is 1. The Balaban J connectivity index is 1.72. The van der Waals surface area contributed by atoms with Crippen molar-refractivity contribution in [2.24, 2.45) is 11.8 Å². The molecule has 1 heterocycles. The van der Waals surface area contributed by atoms with Crippen LogP contribution in [0.25, 0.3) is 0 Å². The lowest BCUT2D eigenvalue weighted by Gasteiger charge is -2.21. The van der Waals surface area contributed by atoms with Gasteiger partial charge in [0.1, 0.15) is 10.3 Å². The maximum Gasteiger partial charge on any atom is 0.508 e. The molecule has 2 saturated carbocycles. The van der Waals surface area contributed by atoms with E-state index in [-0.39, 0.29) is 28.2 Å². The van der Waals surface area contributed by atoms with Crippen molar-refractivity contribution in [1.82, 2.24) is 4.72 Å². The summed E-state index contributed by atoms with van der Waals surface area (Å²) in [5, 5.41) is 0. The highest BCUT2D eigenvalue weighted by Crippen LogP contribution is 2.47. The number of nitrogens with one attached hydrogen (secondary N) is 1. The Kier molecular flexibility index (Phi) is 4.37. The van der Waals surface area contributed by atoms with Gasteiger partial charge in [0.2, 0.25) is 10.0 Å². The largest absolute Gasteiger partial charge is 0.508 e. The van der Waals surface area contributed by atoms with E-state index in [1.807, 2.05) is 0 Å². The van der Waals surface area contributed by atoms with Crippen molar-refractivity contribution in [3.05, 3.63) is 16.5 Å². The van der Waals surface area contributed by atoms with Crippen LogP contribution in [0.15, 0.2) is 16.3 Å². The molecule has 1 aromatic heterocycles. The minimum Gasteiger partial charge on any atom is -0.438 e. The van der Waals surface area contributed by atoms with Crippen LogP contribution in [0.1, 0.15) is 19.3 Å². The molecule has 2 fully saturated rings. The van der Waals surface area contributed by atoms with E-state index in [0.29, 0.717) is 10.8 Å². The standard InChI is InChI=1S/C13H16ClNO5S2/c1-19-13(16)20-9-6-7-2-3-8(9)12(7)15-22(17,18)11-5-4-10(14)21-11/h4-5,7-9,12,15H,2-3,6H2,1H3. The summed E-state index contributed by atoms with van der Waals surface area (Å²) in [4.78, 5) is 11.3. The molecule has 0 spiro atoms. The van der Waals surface area contributed by atoms with Crippen LogP contribution in [0.5, 0.6) is 0 Å². The molecule has 2 aliphatic carbocycles. The van der Waals surface area contributed by atoms with Crippen molar-refractivity contribution in [1.29, 1.82) is 0 Å². The van der Waals surface area contributed by atoms with Gasteiger partial charge in [0.25, 0.3) is 0 Å². The molecule has 1 aromatic rings. The molecule has 4 unspecified atom stereocenters. The summed E-state index contributed by atoms with van der Waals surface area (Å²) in [6, 6.07) is 2.85. The highest BCUT2D eigenvalue weighted by Gasteiger charge is 2.51. The van der Waals surface area contributed by atoms with Crippen molar-refractivity contribution in [3.8, 4) is 0 Å². The number of ether oxygens (including phenoxy) is 2. The SMILES string of the molecule is COC(=O)OC1CC2CCC1C2NS(=O)(=O)c1ccc(Cl)s1. The summed E-state index contributed by atoms with van der Waals surface area (Å²) >= 11 is 6.83. The zero-order valence-electron chi connectivity index (χ0n) is 11.8. The molecule has 2 bridgehead atoms. The first-order valence-corrected chi connectivity index (χ1v) is 9.61. The van der Waals surface area contributed by atoms with Gasteiger partial charge in [-0.1, -0.05) is 11.6 Å². The second kappa shape index (κ2) is 5.99. The first-order chi connectivity index (χ1) is 10.4. The van der Waals surface area contributed by atoms with Crippen molar-refractivity contribution in [2.45, 2.75) is 35.6 Å². The summed E-state index contributed by atoms with van der Waals surface area (Å²) < 4.78 is 38.0. The molecule has 122 valence electrons. The molecule has 22 heavy (non-hydrogen) atoms. The molecule has 0 aromatic carbocycles. The Hall–Kier alpha value is -0.830. The first-order valence-electron chi connectivity index (χ1n) is 6.93. The number of fused-ring (bicyclic) bond motifs is 2. The number of thiophene rings is 1. The number of hydrogen-bond donors (Lipinski definition) is 1. The molecule has 0 saturated heterocycles. The number of hydrogen-bond acceptors (Lipinski definition) is 6. The summed E-state index contributed by atoms with van der Waals surface area (Å²) in [5.74, 6) is 0.180. The third-order valence-corrected chi connectivity index (χ3v) is 7.55. The third kappa shape index (κ3) is 2.97. The van der Waals surface area contributed by atoms with Crippen molar-refractivity contribution in [2.75, 3.05) is 7.11 Å². The number of carbonyl (C=O) groups excluding carboxylic acids is 1. The predicted molar refractivity (Wildman–Crippen MR) is 81.5 cm³/mol. The molecule has 0 amide bonds. The Bertz CT molecular complexity index is 674. The van der Waals surface area contributed by atoms with E-state index in [9.17, 15) is 13.2 Å². The molecular formula is C13H16ClNO5S2. The zero-order chi connectivity index (χ0) is 15.9. The van der Waals surface area contributed by atoms with E-state index < -0.39 is 16.2 Å². The highest BCUT2D eigenvalue weighted by molar-refractivity contribution is 7.91. The topological polar surface area (TPSA) is 81.7 Å². The second-order valence-electron chi connectivity index (χ2n) is 5.55. The summed E-state index contributed by atoms with van der Waals surface area (Å²) in [6.45, 7) is 0. The summed E-state index contributed by atoms with van der Waals surface area (Å²) in [6.07, 6.45) is 1.43. The van der Waals surface area contributed by atoms with Gasteiger partial charge in [-0.2, -0.15) is 0 Å². The predicted octanol–water partition coefficient (Wildman–Crippen LogP) is 2.63. The lowest BCUT2D eigenvalue weighted by atomic mass is 9.98. The van der Waals surface area contributed by atoms with E-state index >= 15 is 0 Å². The fourth-order valence-corrected chi connectivity index (χ4v) is 6.30. The molecular weight excluding hydrogens is 350 g/mol. The maximum absolute atomic E-state index is 12.4. The Morgan fingerprint density at radius 1 is 1.41 bits per heavy atom. The fraction of sp³-hybridized carbons (Fsp3) is 0.615. The van der Waals surface area contributed by atoms with Gasteiger partial charge in [-0.15, -0.1) is 11.3 Å². The monoisotopic (exact) mass is 365 g/mol. The minimum absolute atomic E-state index is 0.00527. The smallest absolute Gasteiger partial charge is 0.438 e. The maximum atomic E-state index is 12.4. The zero-order valence-corrected chi connectivity index (χ0v) is 14.2. The third-order valence-electron chi connectivity index (χ3n) is 4.37. The molecule has 1 N–H and O–H groups in total. The van der Waals surface area contributed by atoms with Crippen LogP contribution in [0.3, 0.4) is 0 Å². The van der Waals surface area contributed by atoms with Crippen LogP contribution in [-0.4, -0.2) is 33.8 Å². The average Bonchev–Trinajstić information content (AvgIpc) is 3.14. The Morgan fingerprint density at radius 2 is 2.18 bits per heavy atom. The van der Waals surface area contributed by atoms with E-state index in [2.05, 4.69) is 9.46 Å². The van der Waals surface area contributed by atoms with Crippen molar-refractivity contribution in [3.63, 3.8) is 0 Å². The second-order valence-corrected chi connectivity index (χ2v) is 9.21. The van der Waals surface area contributed by atoms with Gasteiger partial charge in [0.15, 0.2) is 0 Å². The molecule has 0 aliphatic heterocycles. The molecule has 0 radical (unpaired) electrons. The van der Waals surface area contributed by atoms with Crippen LogP contribution in [-0.2, 0) is 19.5 Å². The molecule has 3 rings (SSSR count). The van der Waals surface area contributed by atoms with Gasteiger partial charge >= 0.3 is 6.16 Å². The summed E-state index contributed by atoms with van der Waals surface area (Å²) in [5.41, 5.74) is 0. The van der Waals surface area contributed by atoms with Crippen molar-refractivity contribution < 1.29 is 22.7 Å². The highest BCUT2D eigenvalue weighted by atomic mass is 35.5. The summed E-state index contributed by atoms with van der Waals surface area (Å²) in [7, 11) is -2.33. The van der Waals surface area contributed by atoms with Gasteiger partial charge in [-0.3, -0.25) is 0 Å². The molecule has 2 aliphatic rings. The quantitative estimate of drug-likeness (QED) is 0.829. The lowest BCUT2D eigenvalue weighted by molar-refractivity contribution is 0.0147. The van der Waals surface area contributed by atoms with Gasteiger partial charge in [-0.05, 0) is 37.3 Å². The van der Waals surface area contributed by atoms with Crippen LogP contribution in [0.4, 0.5) is 4.79 Å². The van der Waals surface area contributed by atoms with Crippen LogP contribution < -0.4 is 4.72 Å². The lowest BCUT2D eigenvalue weighted by Crippen LogP contribution is -2.39. The van der Waals surface area contributed by atoms with E-state index in [1.165, 1.54) is 13.2 Å². The van der Waals surface area contributed by atoms with E-state index in [0.717, 1.165) is 24.2 Å². The first kappa shape index (κ1) is 16.0. The van der Waals surface area contributed by atoms with Gasteiger partial charge < -0.3 is 9.47 Å². The van der Waals surface area contributed by atoms with Gasteiger partial charge in [0.05, 0.1) is 11.4 Å².